The average molecular weight is 280 g/mol. The van der Waals surface area contributed by atoms with Gasteiger partial charge in [0.2, 0.25) is 5.91 Å². The molecule has 0 aromatic heterocycles. The van der Waals surface area contributed by atoms with Crippen LogP contribution in [-0.2, 0) is 4.79 Å². The first-order valence-electron chi connectivity index (χ1n) is 6.84. The Morgan fingerprint density at radius 2 is 2.11 bits per heavy atom. The molecule has 3 nitrogen and oxygen atoms in total. The Balaban J connectivity index is 2.30. The molecular weight excluding hydrogens is 257 g/mol. The zero-order valence-corrected chi connectivity index (χ0v) is 11.6. The van der Waals surface area contributed by atoms with Gasteiger partial charge in [-0.3, -0.25) is 9.69 Å². The number of piperidine rings is 1. The summed E-state index contributed by atoms with van der Waals surface area (Å²) in [5.74, 6) is -0.960. The third-order valence-corrected chi connectivity index (χ3v) is 3.38. The maximum atomic E-state index is 12.6. The molecule has 0 aliphatic carbocycles. The molecule has 1 N–H and O–H groups in total. The van der Waals surface area contributed by atoms with Crippen molar-refractivity contribution in [2.75, 3.05) is 26.2 Å². The number of alkyl halides is 3. The number of hydrogen-bond donors (Lipinski definition) is 1. The summed E-state index contributed by atoms with van der Waals surface area (Å²) in [4.78, 5) is 13.2. The lowest BCUT2D eigenvalue weighted by molar-refractivity contribution is -0.187. The van der Waals surface area contributed by atoms with Crippen LogP contribution in [0.2, 0.25) is 0 Å². The molecule has 19 heavy (non-hydrogen) atoms. The Kier molecular flexibility index (Phi) is 6.10. The van der Waals surface area contributed by atoms with Gasteiger partial charge in [0.25, 0.3) is 0 Å². The zero-order chi connectivity index (χ0) is 14.5. The van der Waals surface area contributed by atoms with E-state index >= 15 is 0 Å². The lowest BCUT2D eigenvalue weighted by Crippen LogP contribution is -2.46. The number of carbonyl (C=O) groups is 1. The van der Waals surface area contributed by atoms with Crippen molar-refractivity contribution in [3.63, 3.8) is 0 Å². The topological polar surface area (TPSA) is 32.3 Å². The monoisotopic (exact) mass is 280 g/mol. The van der Waals surface area contributed by atoms with E-state index in [1.54, 1.807) is 4.90 Å². The van der Waals surface area contributed by atoms with E-state index in [1.165, 1.54) is 0 Å². The molecule has 0 bridgehead atoms. The molecular formula is C13H23F3N2O. The first kappa shape index (κ1) is 16.3. The molecule has 0 saturated carbocycles. The Morgan fingerprint density at radius 1 is 1.42 bits per heavy atom. The van der Waals surface area contributed by atoms with Crippen molar-refractivity contribution in [1.29, 1.82) is 0 Å². The average Bonchev–Trinajstić information content (AvgIpc) is 2.27. The van der Waals surface area contributed by atoms with Crippen molar-refractivity contribution < 1.29 is 18.0 Å². The maximum absolute atomic E-state index is 12.6. The molecule has 1 heterocycles. The number of likely N-dealkylation sites (tertiary alicyclic amines) is 1. The second-order valence-corrected chi connectivity index (χ2v) is 5.65. The molecule has 1 saturated heterocycles. The molecule has 0 spiro atoms. The largest absolute Gasteiger partial charge is 0.393 e. The fourth-order valence-electron chi connectivity index (χ4n) is 2.23. The predicted molar refractivity (Wildman–Crippen MR) is 67.7 cm³/mol. The Bertz CT molecular complexity index is 292. The maximum Gasteiger partial charge on any atom is 0.393 e. The van der Waals surface area contributed by atoms with Gasteiger partial charge in [-0.1, -0.05) is 13.8 Å². The number of halogens is 3. The van der Waals surface area contributed by atoms with Crippen molar-refractivity contribution >= 4 is 5.91 Å². The van der Waals surface area contributed by atoms with Gasteiger partial charge in [0, 0.05) is 13.1 Å². The van der Waals surface area contributed by atoms with Crippen LogP contribution in [0.25, 0.3) is 0 Å². The highest BCUT2D eigenvalue weighted by molar-refractivity contribution is 5.77. The molecule has 1 atom stereocenters. The van der Waals surface area contributed by atoms with E-state index in [9.17, 15) is 18.0 Å². The normalized spacial score (nSPS) is 21.7. The van der Waals surface area contributed by atoms with Crippen molar-refractivity contribution in [3.05, 3.63) is 0 Å². The van der Waals surface area contributed by atoms with E-state index in [2.05, 4.69) is 19.2 Å². The van der Waals surface area contributed by atoms with Crippen LogP contribution < -0.4 is 5.32 Å². The lowest BCUT2D eigenvalue weighted by Gasteiger charge is -2.33. The lowest BCUT2D eigenvalue weighted by atomic mass is 9.97. The Morgan fingerprint density at radius 3 is 2.68 bits per heavy atom. The van der Waals surface area contributed by atoms with Gasteiger partial charge < -0.3 is 5.32 Å². The molecule has 0 unspecified atom stereocenters. The van der Waals surface area contributed by atoms with Crippen molar-refractivity contribution in [2.24, 2.45) is 11.8 Å². The highest BCUT2D eigenvalue weighted by Crippen LogP contribution is 2.32. The number of amides is 1. The molecule has 1 aliphatic heterocycles. The summed E-state index contributed by atoms with van der Waals surface area (Å²) >= 11 is 0. The third-order valence-electron chi connectivity index (χ3n) is 3.38. The smallest absolute Gasteiger partial charge is 0.355 e. The molecule has 6 heteroatoms. The number of rotatable bonds is 5. The summed E-state index contributed by atoms with van der Waals surface area (Å²) in [6, 6.07) is 0. The van der Waals surface area contributed by atoms with Crippen LogP contribution in [0, 0.1) is 11.8 Å². The Hall–Kier alpha value is -0.780. The van der Waals surface area contributed by atoms with Gasteiger partial charge in [0.15, 0.2) is 0 Å². The van der Waals surface area contributed by atoms with Crippen LogP contribution in [0.5, 0.6) is 0 Å². The van der Waals surface area contributed by atoms with Gasteiger partial charge in [0.1, 0.15) is 0 Å². The van der Waals surface area contributed by atoms with Crippen molar-refractivity contribution in [1.82, 2.24) is 10.2 Å². The fraction of sp³-hybridized carbons (Fsp3) is 0.923. The first-order valence-corrected chi connectivity index (χ1v) is 6.84. The van der Waals surface area contributed by atoms with Gasteiger partial charge in [-0.05, 0) is 31.7 Å². The third kappa shape index (κ3) is 6.27. The van der Waals surface area contributed by atoms with Gasteiger partial charge in [-0.15, -0.1) is 0 Å². The second-order valence-electron chi connectivity index (χ2n) is 5.65. The number of nitrogens with one attached hydrogen (secondary N) is 1. The summed E-state index contributed by atoms with van der Waals surface area (Å²) in [5, 5.41) is 2.75. The molecule has 1 fully saturated rings. The van der Waals surface area contributed by atoms with Gasteiger partial charge >= 0.3 is 6.18 Å². The molecule has 1 rings (SSSR count). The summed E-state index contributed by atoms with van der Waals surface area (Å²) in [6.07, 6.45) is -2.58. The minimum atomic E-state index is -4.15. The van der Waals surface area contributed by atoms with Crippen molar-refractivity contribution in [2.45, 2.75) is 39.3 Å². The first-order chi connectivity index (χ1) is 8.79. The van der Waals surface area contributed by atoms with Crippen LogP contribution in [0.1, 0.15) is 33.1 Å². The van der Waals surface area contributed by atoms with Crippen molar-refractivity contribution in [3.8, 4) is 0 Å². The summed E-state index contributed by atoms with van der Waals surface area (Å²) in [7, 11) is 0. The highest BCUT2D eigenvalue weighted by atomic mass is 19.4. The van der Waals surface area contributed by atoms with E-state index in [1.807, 2.05) is 0 Å². The van der Waals surface area contributed by atoms with Crippen LogP contribution in [0.3, 0.4) is 0 Å². The van der Waals surface area contributed by atoms with Crippen LogP contribution >= 0.6 is 0 Å². The highest BCUT2D eigenvalue weighted by Gasteiger charge is 2.41. The van der Waals surface area contributed by atoms with E-state index in [0.29, 0.717) is 25.4 Å². The molecule has 0 radical (unpaired) electrons. The van der Waals surface area contributed by atoms with Crippen LogP contribution in [-0.4, -0.2) is 43.2 Å². The molecule has 112 valence electrons. The van der Waals surface area contributed by atoms with Gasteiger partial charge in [-0.25, -0.2) is 0 Å². The minimum Gasteiger partial charge on any atom is -0.355 e. The number of hydrogen-bond acceptors (Lipinski definition) is 2. The fourth-order valence-corrected chi connectivity index (χ4v) is 2.23. The second kappa shape index (κ2) is 7.12. The SMILES string of the molecule is CC(C)CCNC(=O)CN1CCC[C@H](C(F)(F)F)C1. The number of carbonyl (C=O) groups excluding carboxylic acids is 1. The van der Waals surface area contributed by atoms with Crippen LogP contribution in [0.4, 0.5) is 13.2 Å². The number of nitrogens with zero attached hydrogens (tertiary/aromatic N) is 1. The zero-order valence-electron chi connectivity index (χ0n) is 11.6. The summed E-state index contributed by atoms with van der Waals surface area (Å²) < 4.78 is 37.8. The van der Waals surface area contributed by atoms with Crippen LogP contribution in [0.15, 0.2) is 0 Å². The van der Waals surface area contributed by atoms with E-state index in [0.717, 1.165) is 6.42 Å². The minimum absolute atomic E-state index is 0.0545. The quantitative estimate of drug-likeness (QED) is 0.839. The predicted octanol–water partition coefficient (Wildman–Crippen LogP) is 2.42. The molecule has 0 aromatic rings. The van der Waals surface area contributed by atoms with Gasteiger partial charge in [-0.2, -0.15) is 13.2 Å². The van der Waals surface area contributed by atoms with E-state index in [4.69, 9.17) is 0 Å². The van der Waals surface area contributed by atoms with E-state index < -0.39 is 12.1 Å². The van der Waals surface area contributed by atoms with E-state index in [-0.39, 0.29) is 25.4 Å². The molecule has 1 amide bonds. The summed E-state index contributed by atoms with van der Waals surface area (Å²) in [5.41, 5.74) is 0. The molecule has 0 aromatic carbocycles. The van der Waals surface area contributed by atoms with Gasteiger partial charge in [0.05, 0.1) is 12.5 Å². The molecule has 1 aliphatic rings. The summed E-state index contributed by atoms with van der Waals surface area (Å²) in [6.45, 7) is 5.30. The standard InChI is InChI=1S/C13H23F3N2O/c1-10(2)5-6-17-12(19)9-18-7-3-4-11(8-18)13(14,15)16/h10-11H,3-9H2,1-2H3,(H,17,19)/t11-/m0/s1. The Labute approximate surface area is 112 Å².